The van der Waals surface area contributed by atoms with Crippen LogP contribution in [0.2, 0.25) is 0 Å². The van der Waals surface area contributed by atoms with Crippen LogP contribution in [0.15, 0.2) is 17.5 Å². The number of carboxylic acid groups (broad SMARTS) is 1. The van der Waals surface area contributed by atoms with Gasteiger partial charge in [-0.25, -0.2) is 4.79 Å². The quantitative estimate of drug-likeness (QED) is 0.678. The van der Waals surface area contributed by atoms with E-state index in [0.29, 0.717) is 23.8 Å². The van der Waals surface area contributed by atoms with Crippen LogP contribution in [0.4, 0.5) is 0 Å². The predicted octanol–water partition coefficient (Wildman–Crippen LogP) is 1.76. The summed E-state index contributed by atoms with van der Waals surface area (Å²) in [6.45, 7) is 2.64. The molecule has 0 fully saturated rings. The number of aliphatic carboxylic acids is 1. The Hall–Kier alpha value is -1.40. The van der Waals surface area contributed by atoms with Gasteiger partial charge in [0.1, 0.15) is 0 Å². The zero-order chi connectivity index (χ0) is 14.3. The van der Waals surface area contributed by atoms with Crippen molar-refractivity contribution < 1.29 is 14.7 Å². The SMILES string of the molecule is CC(CCN)CCC(=O)NC(C(=O)O)c1cccs1. The molecular weight excluding hydrogens is 264 g/mol. The van der Waals surface area contributed by atoms with E-state index in [1.165, 1.54) is 11.3 Å². The molecule has 19 heavy (non-hydrogen) atoms. The van der Waals surface area contributed by atoms with Gasteiger partial charge in [0.15, 0.2) is 6.04 Å². The molecule has 0 aliphatic carbocycles. The first-order chi connectivity index (χ1) is 9.04. The molecule has 0 aromatic carbocycles. The summed E-state index contributed by atoms with van der Waals surface area (Å²) in [6.07, 6.45) is 1.93. The van der Waals surface area contributed by atoms with Crippen LogP contribution >= 0.6 is 11.3 Å². The van der Waals surface area contributed by atoms with Gasteiger partial charge in [-0.2, -0.15) is 0 Å². The van der Waals surface area contributed by atoms with Gasteiger partial charge in [-0.15, -0.1) is 11.3 Å². The van der Waals surface area contributed by atoms with Crippen molar-refractivity contribution in [2.24, 2.45) is 11.7 Å². The molecule has 4 N–H and O–H groups in total. The number of carbonyl (C=O) groups is 2. The maximum absolute atomic E-state index is 11.8. The van der Waals surface area contributed by atoms with Crippen molar-refractivity contribution in [2.75, 3.05) is 6.54 Å². The van der Waals surface area contributed by atoms with Crippen molar-refractivity contribution in [3.8, 4) is 0 Å². The van der Waals surface area contributed by atoms with Gasteiger partial charge in [0.2, 0.25) is 5.91 Å². The smallest absolute Gasteiger partial charge is 0.331 e. The Kier molecular flexibility index (Phi) is 6.52. The van der Waals surface area contributed by atoms with E-state index in [1.54, 1.807) is 17.5 Å². The van der Waals surface area contributed by atoms with Crippen molar-refractivity contribution in [1.82, 2.24) is 5.32 Å². The normalized spacial score (nSPS) is 13.8. The maximum Gasteiger partial charge on any atom is 0.331 e. The van der Waals surface area contributed by atoms with Crippen molar-refractivity contribution in [3.63, 3.8) is 0 Å². The van der Waals surface area contributed by atoms with Crippen LogP contribution in [0.5, 0.6) is 0 Å². The lowest BCUT2D eigenvalue weighted by atomic mass is 10.0. The Morgan fingerprint density at radius 1 is 1.47 bits per heavy atom. The van der Waals surface area contributed by atoms with Gasteiger partial charge < -0.3 is 16.2 Å². The zero-order valence-corrected chi connectivity index (χ0v) is 11.8. The van der Waals surface area contributed by atoms with Crippen LogP contribution in [0.1, 0.15) is 37.1 Å². The second-order valence-corrected chi connectivity index (χ2v) is 5.55. The third-order valence-electron chi connectivity index (χ3n) is 2.90. The first-order valence-electron chi connectivity index (χ1n) is 6.30. The van der Waals surface area contributed by atoms with Gasteiger partial charge in [-0.05, 0) is 36.8 Å². The highest BCUT2D eigenvalue weighted by Gasteiger charge is 2.22. The Bertz CT molecular complexity index is 406. The summed E-state index contributed by atoms with van der Waals surface area (Å²) in [5.41, 5.74) is 5.44. The van der Waals surface area contributed by atoms with E-state index in [0.717, 1.165) is 12.8 Å². The van der Waals surface area contributed by atoms with Crippen molar-refractivity contribution in [3.05, 3.63) is 22.4 Å². The van der Waals surface area contributed by atoms with Gasteiger partial charge >= 0.3 is 5.97 Å². The van der Waals surface area contributed by atoms with Crippen LogP contribution in [0, 0.1) is 5.92 Å². The number of amides is 1. The zero-order valence-electron chi connectivity index (χ0n) is 11.0. The molecule has 1 rings (SSSR count). The van der Waals surface area contributed by atoms with E-state index in [4.69, 9.17) is 10.8 Å². The molecule has 0 radical (unpaired) electrons. The molecule has 0 aliphatic rings. The summed E-state index contributed by atoms with van der Waals surface area (Å²) in [4.78, 5) is 23.5. The largest absolute Gasteiger partial charge is 0.479 e. The van der Waals surface area contributed by atoms with Gasteiger partial charge in [0.05, 0.1) is 0 Å². The summed E-state index contributed by atoms with van der Waals surface area (Å²) in [6, 6.07) is 2.53. The number of hydrogen-bond acceptors (Lipinski definition) is 4. The molecular formula is C13H20N2O3S. The second kappa shape index (κ2) is 7.91. The molecule has 0 saturated heterocycles. The molecule has 6 heteroatoms. The molecule has 0 spiro atoms. The fraction of sp³-hybridized carbons (Fsp3) is 0.538. The summed E-state index contributed by atoms with van der Waals surface area (Å²) in [5.74, 6) is -0.892. The van der Waals surface area contributed by atoms with Crippen LogP contribution in [-0.4, -0.2) is 23.5 Å². The Morgan fingerprint density at radius 2 is 2.21 bits per heavy atom. The average molecular weight is 284 g/mol. The lowest BCUT2D eigenvalue weighted by Gasteiger charge is -2.14. The number of rotatable bonds is 8. The highest BCUT2D eigenvalue weighted by Crippen LogP contribution is 2.19. The van der Waals surface area contributed by atoms with Crippen LogP contribution < -0.4 is 11.1 Å². The fourth-order valence-electron chi connectivity index (χ4n) is 1.75. The first kappa shape index (κ1) is 15.7. The monoisotopic (exact) mass is 284 g/mol. The first-order valence-corrected chi connectivity index (χ1v) is 7.18. The molecule has 1 amide bonds. The molecule has 1 aromatic heterocycles. The third-order valence-corrected chi connectivity index (χ3v) is 3.84. The summed E-state index contributed by atoms with van der Waals surface area (Å²) in [5, 5.41) is 13.5. The van der Waals surface area contributed by atoms with E-state index < -0.39 is 12.0 Å². The Balaban J connectivity index is 2.47. The highest BCUT2D eigenvalue weighted by atomic mass is 32.1. The number of thiophene rings is 1. The molecule has 0 saturated carbocycles. The highest BCUT2D eigenvalue weighted by molar-refractivity contribution is 7.10. The molecule has 0 bridgehead atoms. The molecule has 5 nitrogen and oxygen atoms in total. The van der Waals surface area contributed by atoms with Crippen molar-refractivity contribution >= 4 is 23.2 Å². The minimum absolute atomic E-state index is 0.232. The predicted molar refractivity (Wildman–Crippen MR) is 74.9 cm³/mol. The fourth-order valence-corrected chi connectivity index (χ4v) is 2.52. The molecule has 1 aromatic rings. The molecule has 106 valence electrons. The summed E-state index contributed by atoms with van der Waals surface area (Å²) in [7, 11) is 0. The van der Waals surface area contributed by atoms with E-state index in [2.05, 4.69) is 5.32 Å². The number of nitrogens with one attached hydrogen (secondary N) is 1. The van der Waals surface area contributed by atoms with E-state index in [9.17, 15) is 9.59 Å². The Morgan fingerprint density at radius 3 is 2.74 bits per heavy atom. The molecule has 0 aliphatic heterocycles. The lowest BCUT2D eigenvalue weighted by Crippen LogP contribution is -2.33. The summed E-state index contributed by atoms with van der Waals surface area (Å²) >= 11 is 1.32. The number of hydrogen-bond donors (Lipinski definition) is 3. The summed E-state index contributed by atoms with van der Waals surface area (Å²) < 4.78 is 0. The van der Waals surface area contributed by atoms with Crippen molar-refractivity contribution in [1.29, 1.82) is 0 Å². The lowest BCUT2D eigenvalue weighted by molar-refractivity contribution is -0.142. The number of nitrogens with two attached hydrogens (primary N) is 1. The molecule has 2 atom stereocenters. The van der Waals surface area contributed by atoms with Crippen LogP contribution in [0.3, 0.4) is 0 Å². The minimum atomic E-state index is -1.04. The Labute approximate surface area is 116 Å². The van der Waals surface area contributed by atoms with E-state index in [-0.39, 0.29) is 5.91 Å². The van der Waals surface area contributed by atoms with Crippen LogP contribution in [-0.2, 0) is 9.59 Å². The van der Waals surface area contributed by atoms with Crippen molar-refractivity contribution in [2.45, 2.75) is 32.2 Å². The van der Waals surface area contributed by atoms with Crippen LogP contribution in [0.25, 0.3) is 0 Å². The van der Waals surface area contributed by atoms with Gasteiger partial charge in [-0.1, -0.05) is 13.0 Å². The van der Waals surface area contributed by atoms with Gasteiger partial charge in [-0.3, -0.25) is 4.79 Å². The third kappa shape index (κ3) is 5.40. The van der Waals surface area contributed by atoms with E-state index in [1.807, 2.05) is 6.92 Å². The average Bonchev–Trinajstić information content (AvgIpc) is 2.87. The number of carboxylic acids is 1. The standard InChI is InChI=1S/C13H20N2O3S/c1-9(6-7-14)4-5-11(16)15-12(13(17)18)10-3-2-8-19-10/h2-3,8-9,12H,4-7,14H2,1H3,(H,15,16)(H,17,18). The minimum Gasteiger partial charge on any atom is -0.479 e. The van der Waals surface area contributed by atoms with Gasteiger partial charge in [0.25, 0.3) is 0 Å². The molecule has 1 heterocycles. The topological polar surface area (TPSA) is 92.4 Å². The molecule has 2 unspecified atom stereocenters. The van der Waals surface area contributed by atoms with Gasteiger partial charge in [0, 0.05) is 11.3 Å². The number of carbonyl (C=O) groups excluding carboxylic acids is 1. The maximum atomic E-state index is 11.8. The second-order valence-electron chi connectivity index (χ2n) is 4.58. The van der Waals surface area contributed by atoms with E-state index >= 15 is 0 Å².